The molecule has 0 radical (unpaired) electrons. The first-order valence-corrected chi connectivity index (χ1v) is 8.31. The van der Waals surface area contributed by atoms with Crippen LogP contribution in [0, 0.1) is 0 Å². The molecule has 0 saturated heterocycles. The third-order valence-corrected chi connectivity index (χ3v) is 4.14. The van der Waals surface area contributed by atoms with E-state index in [0.717, 1.165) is 10.2 Å². The van der Waals surface area contributed by atoms with Crippen LogP contribution >= 0.6 is 27.3 Å². The topological polar surface area (TPSA) is 51.2 Å². The quantitative estimate of drug-likeness (QED) is 0.848. The Morgan fingerprint density at radius 2 is 1.95 bits per heavy atom. The lowest BCUT2D eigenvalue weighted by Crippen LogP contribution is -2.30. The molecule has 0 bridgehead atoms. The van der Waals surface area contributed by atoms with E-state index >= 15 is 0 Å². The van der Waals surface area contributed by atoms with Gasteiger partial charge in [-0.2, -0.15) is 0 Å². The highest BCUT2D eigenvalue weighted by Crippen LogP contribution is 2.22. The Labute approximate surface area is 136 Å². The van der Waals surface area contributed by atoms with Gasteiger partial charge in [0.25, 0.3) is 5.91 Å². The summed E-state index contributed by atoms with van der Waals surface area (Å²) in [5.41, 5.74) is 0.983. The molecule has 2 aromatic rings. The van der Waals surface area contributed by atoms with Crippen molar-refractivity contribution in [3.63, 3.8) is 0 Å². The molecule has 1 aromatic carbocycles. The molecule has 1 N–H and O–H groups in total. The Morgan fingerprint density at radius 3 is 2.52 bits per heavy atom. The average molecular weight is 369 g/mol. The number of hydrogen-bond donors (Lipinski definition) is 1. The monoisotopic (exact) mass is 368 g/mol. The van der Waals surface area contributed by atoms with Crippen molar-refractivity contribution in [3.05, 3.63) is 39.8 Å². The minimum Gasteiger partial charge on any atom is -0.481 e. The Hall–Kier alpha value is -1.40. The highest BCUT2D eigenvalue weighted by atomic mass is 79.9. The number of benzene rings is 1. The van der Waals surface area contributed by atoms with Crippen molar-refractivity contribution in [1.29, 1.82) is 0 Å². The first-order chi connectivity index (χ1) is 9.95. The highest BCUT2D eigenvalue weighted by Gasteiger charge is 2.16. The van der Waals surface area contributed by atoms with Crippen LogP contribution in [0.4, 0.5) is 5.13 Å². The van der Waals surface area contributed by atoms with E-state index in [2.05, 4.69) is 40.1 Å². The largest absolute Gasteiger partial charge is 0.481 e. The van der Waals surface area contributed by atoms with E-state index in [0.29, 0.717) is 16.8 Å². The molecule has 0 aliphatic heterocycles. The fourth-order valence-electron chi connectivity index (χ4n) is 1.59. The molecule has 0 aliphatic rings. The summed E-state index contributed by atoms with van der Waals surface area (Å²) >= 11 is 4.78. The van der Waals surface area contributed by atoms with E-state index < -0.39 is 6.10 Å². The number of thiazole rings is 1. The van der Waals surface area contributed by atoms with Gasteiger partial charge in [-0.3, -0.25) is 10.1 Å². The Morgan fingerprint density at radius 1 is 1.29 bits per heavy atom. The van der Waals surface area contributed by atoms with Crippen molar-refractivity contribution in [2.24, 2.45) is 0 Å². The van der Waals surface area contributed by atoms with E-state index in [1.807, 2.05) is 29.6 Å². The van der Waals surface area contributed by atoms with Gasteiger partial charge in [0.1, 0.15) is 5.75 Å². The van der Waals surface area contributed by atoms with Crippen molar-refractivity contribution in [2.75, 3.05) is 5.32 Å². The summed E-state index contributed by atoms with van der Waals surface area (Å²) in [4.78, 5) is 16.5. The second kappa shape index (κ2) is 7.04. The molecule has 2 rings (SSSR count). The van der Waals surface area contributed by atoms with E-state index in [9.17, 15) is 4.79 Å². The number of halogens is 1. The zero-order valence-electron chi connectivity index (χ0n) is 12.1. The van der Waals surface area contributed by atoms with Crippen LogP contribution < -0.4 is 10.1 Å². The number of amides is 1. The molecule has 6 heteroatoms. The SMILES string of the molecule is CC(Oc1ccc(Br)cc1)C(=O)Nc1nc(C(C)C)cs1. The fourth-order valence-corrected chi connectivity index (χ4v) is 2.73. The summed E-state index contributed by atoms with van der Waals surface area (Å²) in [6.07, 6.45) is -0.586. The lowest BCUT2D eigenvalue weighted by atomic mass is 10.2. The molecular formula is C15H17BrN2O2S. The summed E-state index contributed by atoms with van der Waals surface area (Å²) < 4.78 is 6.57. The smallest absolute Gasteiger partial charge is 0.266 e. The van der Waals surface area contributed by atoms with Gasteiger partial charge in [-0.05, 0) is 37.1 Å². The molecule has 1 unspecified atom stereocenters. The van der Waals surface area contributed by atoms with Gasteiger partial charge < -0.3 is 4.74 Å². The number of anilines is 1. The Kier molecular flexibility index (Phi) is 5.36. The molecule has 0 fully saturated rings. The number of nitrogens with zero attached hydrogens (tertiary/aromatic N) is 1. The predicted octanol–water partition coefficient (Wildman–Crippen LogP) is 4.44. The molecule has 1 aromatic heterocycles. The van der Waals surface area contributed by atoms with Gasteiger partial charge in [-0.25, -0.2) is 4.98 Å². The van der Waals surface area contributed by atoms with Gasteiger partial charge in [-0.1, -0.05) is 29.8 Å². The number of carbonyl (C=O) groups is 1. The van der Waals surface area contributed by atoms with Gasteiger partial charge in [0.05, 0.1) is 5.69 Å². The van der Waals surface area contributed by atoms with Crippen LogP contribution in [-0.4, -0.2) is 17.0 Å². The first kappa shape index (κ1) is 16.0. The molecule has 0 saturated carbocycles. The summed E-state index contributed by atoms with van der Waals surface area (Å²) in [6.45, 7) is 5.86. The minimum atomic E-state index is -0.586. The van der Waals surface area contributed by atoms with Crippen molar-refractivity contribution >= 4 is 38.3 Å². The minimum absolute atomic E-state index is 0.206. The van der Waals surface area contributed by atoms with Crippen LogP contribution in [0.15, 0.2) is 34.1 Å². The predicted molar refractivity (Wildman–Crippen MR) is 89.1 cm³/mol. The second-order valence-corrected chi connectivity index (χ2v) is 6.71. The lowest BCUT2D eigenvalue weighted by Gasteiger charge is -2.13. The Balaban J connectivity index is 1.94. The van der Waals surface area contributed by atoms with Crippen LogP contribution in [0.5, 0.6) is 5.75 Å². The normalized spacial score (nSPS) is 12.2. The van der Waals surface area contributed by atoms with Crippen LogP contribution in [0.25, 0.3) is 0 Å². The standard InChI is InChI=1S/C15H17BrN2O2S/c1-9(2)13-8-21-15(17-13)18-14(19)10(3)20-12-6-4-11(16)5-7-12/h4-10H,1-3H3,(H,17,18,19). The molecule has 0 aliphatic carbocycles. The molecule has 1 atom stereocenters. The maximum atomic E-state index is 12.1. The molecule has 21 heavy (non-hydrogen) atoms. The van der Waals surface area contributed by atoms with Crippen molar-refractivity contribution in [2.45, 2.75) is 32.8 Å². The summed E-state index contributed by atoms with van der Waals surface area (Å²) in [5.74, 6) is 0.800. The number of rotatable bonds is 5. The zero-order chi connectivity index (χ0) is 15.4. The summed E-state index contributed by atoms with van der Waals surface area (Å²) in [6, 6.07) is 7.37. The summed E-state index contributed by atoms with van der Waals surface area (Å²) in [5, 5.41) is 5.35. The summed E-state index contributed by atoms with van der Waals surface area (Å²) in [7, 11) is 0. The fraction of sp³-hybridized carbons (Fsp3) is 0.333. The molecule has 4 nitrogen and oxygen atoms in total. The second-order valence-electron chi connectivity index (χ2n) is 4.94. The van der Waals surface area contributed by atoms with Gasteiger partial charge in [0, 0.05) is 9.85 Å². The molecule has 0 spiro atoms. The number of ether oxygens (including phenoxy) is 1. The van der Waals surface area contributed by atoms with E-state index in [4.69, 9.17) is 4.74 Å². The van der Waals surface area contributed by atoms with Crippen LogP contribution in [0.3, 0.4) is 0 Å². The van der Waals surface area contributed by atoms with Gasteiger partial charge >= 0.3 is 0 Å². The Bertz CT molecular complexity index is 610. The number of nitrogens with one attached hydrogen (secondary N) is 1. The molecule has 1 heterocycles. The van der Waals surface area contributed by atoms with E-state index in [1.54, 1.807) is 6.92 Å². The number of carbonyl (C=O) groups excluding carboxylic acids is 1. The molecule has 1 amide bonds. The average Bonchev–Trinajstić information content (AvgIpc) is 2.90. The highest BCUT2D eigenvalue weighted by molar-refractivity contribution is 9.10. The van der Waals surface area contributed by atoms with Crippen molar-refractivity contribution < 1.29 is 9.53 Å². The van der Waals surface area contributed by atoms with Crippen molar-refractivity contribution in [1.82, 2.24) is 4.98 Å². The zero-order valence-corrected chi connectivity index (χ0v) is 14.5. The third-order valence-electron chi connectivity index (χ3n) is 2.84. The van der Waals surface area contributed by atoms with Crippen LogP contribution in [-0.2, 0) is 4.79 Å². The number of hydrogen-bond acceptors (Lipinski definition) is 4. The van der Waals surface area contributed by atoms with Crippen molar-refractivity contribution in [3.8, 4) is 5.75 Å². The van der Waals surface area contributed by atoms with Gasteiger partial charge in [0.15, 0.2) is 11.2 Å². The van der Waals surface area contributed by atoms with E-state index in [-0.39, 0.29) is 5.91 Å². The lowest BCUT2D eigenvalue weighted by molar-refractivity contribution is -0.122. The van der Waals surface area contributed by atoms with Gasteiger partial charge in [0.2, 0.25) is 0 Å². The third kappa shape index (κ3) is 4.54. The first-order valence-electron chi connectivity index (χ1n) is 6.64. The maximum Gasteiger partial charge on any atom is 0.266 e. The molecule has 112 valence electrons. The number of aromatic nitrogens is 1. The molecular weight excluding hydrogens is 352 g/mol. The van der Waals surface area contributed by atoms with E-state index in [1.165, 1.54) is 11.3 Å². The van der Waals surface area contributed by atoms with Gasteiger partial charge in [-0.15, -0.1) is 11.3 Å². The van der Waals surface area contributed by atoms with Crippen LogP contribution in [0.1, 0.15) is 32.4 Å². The van der Waals surface area contributed by atoms with Crippen LogP contribution in [0.2, 0.25) is 0 Å². The maximum absolute atomic E-state index is 12.1.